The average Bonchev–Trinajstić information content (AvgIpc) is 2.32. The molecular weight excluding hydrogens is 296 g/mol. The molecule has 1 fully saturated rings. The fraction of sp³-hybridized carbons (Fsp3) is 0.571. The summed E-state index contributed by atoms with van der Waals surface area (Å²) in [5, 5.41) is 0.238. The van der Waals surface area contributed by atoms with Gasteiger partial charge in [-0.25, -0.2) is 8.42 Å². The Bertz CT molecular complexity index is 606. The van der Waals surface area contributed by atoms with Gasteiger partial charge in [-0.1, -0.05) is 25.4 Å². The Morgan fingerprint density at radius 2 is 1.80 bits per heavy atom. The highest BCUT2D eigenvalue weighted by Gasteiger charge is 2.33. The van der Waals surface area contributed by atoms with Gasteiger partial charge in [-0.3, -0.25) is 0 Å². The molecule has 1 saturated heterocycles. The lowest BCUT2D eigenvalue weighted by atomic mass is 9.94. The largest absolute Gasteiger partial charge is 0.398 e. The van der Waals surface area contributed by atoms with Crippen LogP contribution in [0.2, 0.25) is 5.02 Å². The van der Waals surface area contributed by atoms with Crippen molar-refractivity contribution in [2.24, 2.45) is 11.8 Å². The first-order valence-electron chi connectivity index (χ1n) is 6.77. The number of nitrogen functional groups attached to an aromatic ring is 1. The van der Waals surface area contributed by atoms with Crippen LogP contribution in [0.1, 0.15) is 25.8 Å². The van der Waals surface area contributed by atoms with Crippen LogP contribution < -0.4 is 5.73 Å². The Kier molecular flexibility index (Phi) is 4.33. The molecule has 1 aliphatic heterocycles. The fourth-order valence-electron chi connectivity index (χ4n) is 2.81. The number of anilines is 1. The zero-order valence-electron chi connectivity index (χ0n) is 12.1. The summed E-state index contributed by atoms with van der Waals surface area (Å²) < 4.78 is 27.0. The van der Waals surface area contributed by atoms with E-state index in [9.17, 15) is 8.42 Å². The molecule has 0 spiro atoms. The van der Waals surface area contributed by atoms with Crippen molar-refractivity contribution < 1.29 is 8.42 Å². The number of nitrogens with two attached hydrogens (primary N) is 1. The molecule has 4 nitrogen and oxygen atoms in total. The minimum absolute atomic E-state index is 0.114. The Balaban J connectivity index is 2.42. The molecule has 0 radical (unpaired) electrons. The lowest BCUT2D eigenvalue weighted by Gasteiger charge is -2.34. The fourth-order valence-corrected chi connectivity index (χ4v) is 5.08. The van der Waals surface area contributed by atoms with Gasteiger partial charge in [-0.05, 0) is 42.9 Å². The summed E-state index contributed by atoms with van der Waals surface area (Å²) in [5.41, 5.74) is 7.07. The lowest BCUT2D eigenvalue weighted by Crippen LogP contribution is -2.42. The summed E-state index contributed by atoms with van der Waals surface area (Å²) in [4.78, 5) is 0.114. The van der Waals surface area contributed by atoms with E-state index in [-0.39, 0.29) is 9.92 Å². The molecule has 2 atom stereocenters. The molecule has 1 aromatic rings. The number of hydrogen-bond acceptors (Lipinski definition) is 3. The van der Waals surface area contributed by atoms with E-state index in [0.29, 0.717) is 30.6 Å². The molecule has 1 aromatic carbocycles. The van der Waals surface area contributed by atoms with Crippen LogP contribution in [0.15, 0.2) is 17.0 Å². The van der Waals surface area contributed by atoms with Crippen LogP contribution in [0.5, 0.6) is 0 Å². The van der Waals surface area contributed by atoms with E-state index in [1.807, 2.05) is 6.92 Å². The molecule has 0 saturated carbocycles. The summed E-state index contributed by atoms with van der Waals surface area (Å²) >= 11 is 6.12. The zero-order chi connectivity index (χ0) is 15.1. The highest BCUT2D eigenvalue weighted by molar-refractivity contribution is 7.89. The van der Waals surface area contributed by atoms with Crippen LogP contribution in [0.25, 0.3) is 0 Å². The maximum atomic E-state index is 12.7. The van der Waals surface area contributed by atoms with Crippen LogP contribution >= 0.6 is 11.6 Å². The summed E-state index contributed by atoms with van der Waals surface area (Å²) in [6.45, 7) is 7.03. The number of nitrogens with zero attached hydrogens (tertiary/aromatic N) is 1. The Morgan fingerprint density at radius 1 is 1.25 bits per heavy atom. The average molecular weight is 317 g/mol. The van der Waals surface area contributed by atoms with Gasteiger partial charge in [-0.15, -0.1) is 0 Å². The van der Waals surface area contributed by atoms with E-state index >= 15 is 0 Å². The third kappa shape index (κ3) is 2.95. The first-order chi connectivity index (χ1) is 9.21. The molecule has 0 amide bonds. The Hall–Kier alpha value is -0.780. The van der Waals surface area contributed by atoms with Crippen molar-refractivity contribution in [1.29, 1.82) is 0 Å². The first kappa shape index (κ1) is 15.6. The van der Waals surface area contributed by atoms with E-state index in [4.69, 9.17) is 17.3 Å². The number of rotatable bonds is 2. The monoisotopic (exact) mass is 316 g/mol. The standard InChI is InChI=1S/C14H21ClN2O2S/c1-9-4-10(2)8-17(7-9)20(18,19)14-6-13(16)11(3)5-12(14)15/h5-6,9-10H,4,7-8,16H2,1-3H3. The lowest BCUT2D eigenvalue weighted by molar-refractivity contribution is 0.222. The van der Waals surface area contributed by atoms with Crippen LogP contribution in [0, 0.1) is 18.8 Å². The third-order valence-electron chi connectivity index (χ3n) is 3.77. The van der Waals surface area contributed by atoms with E-state index in [1.54, 1.807) is 6.07 Å². The minimum Gasteiger partial charge on any atom is -0.398 e. The highest BCUT2D eigenvalue weighted by atomic mass is 35.5. The maximum Gasteiger partial charge on any atom is 0.244 e. The third-order valence-corrected chi connectivity index (χ3v) is 6.07. The van der Waals surface area contributed by atoms with Gasteiger partial charge in [0, 0.05) is 18.8 Å². The number of piperidine rings is 1. The molecule has 0 bridgehead atoms. The zero-order valence-corrected chi connectivity index (χ0v) is 13.6. The van der Waals surface area contributed by atoms with E-state index in [2.05, 4.69) is 13.8 Å². The van der Waals surface area contributed by atoms with Crippen LogP contribution in [0.4, 0.5) is 5.69 Å². The molecule has 0 aliphatic carbocycles. The maximum absolute atomic E-state index is 12.7. The first-order valence-corrected chi connectivity index (χ1v) is 8.59. The van der Waals surface area contributed by atoms with Crippen LogP contribution in [-0.4, -0.2) is 25.8 Å². The van der Waals surface area contributed by atoms with E-state index in [0.717, 1.165) is 12.0 Å². The van der Waals surface area contributed by atoms with Crippen LogP contribution in [-0.2, 0) is 10.0 Å². The molecule has 2 unspecified atom stereocenters. The van der Waals surface area contributed by atoms with E-state index < -0.39 is 10.0 Å². The van der Waals surface area contributed by atoms with Gasteiger partial charge in [0.2, 0.25) is 10.0 Å². The van der Waals surface area contributed by atoms with Gasteiger partial charge in [0.15, 0.2) is 0 Å². The van der Waals surface area contributed by atoms with Gasteiger partial charge >= 0.3 is 0 Å². The predicted octanol–water partition coefficient (Wildman–Crippen LogP) is 2.90. The van der Waals surface area contributed by atoms with Gasteiger partial charge in [0.1, 0.15) is 4.90 Å². The topological polar surface area (TPSA) is 63.4 Å². The second kappa shape index (κ2) is 5.54. The molecule has 2 N–H and O–H groups in total. The Morgan fingerprint density at radius 3 is 2.35 bits per heavy atom. The number of aryl methyl sites for hydroxylation is 1. The molecule has 6 heteroatoms. The van der Waals surface area contributed by atoms with Crippen molar-refractivity contribution in [3.8, 4) is 0 Å². The molecule has 0 aromatic heterocycles. The van der Waals surface area contributed by atoms with Crippen molar-refractivity contribution in [3.63, 3.8) is 0 Å². The predicted molar refractivity (Wildman–Crippen MR) is 82.3 cm³/mol. The van der Waals surface area contributed by atoms with Crippen LogP contribution in [0.3, 0.4) is 0 Å². The van der Waals surface area contributed by atoms with Crippen molar-refractivity contribution in [2.75, 3.05) is 18.8 Å². The van der Waals surface area contributed by atoms with Gasteiger partial charge < -0.3 is 5.73 Å². The molecule has 20 heavy (non-hydrogen) atoms. The van der Waals surface area contributed by atoms with Crippen molar-refractivity contribution in [3.05, 3.63) is 22.7 Å². The number of benzene rings is 1. The summed E-state index contributed by atoms with van der Waals surface area (Å²) in [5.74, 6) is 0.713. The molecule has 2 rings (SSSR count). The number of halogens is 1. The SMILES string of the molecule is Cc1cc(Cl)c(S(=O)(=O)N2CC(C)CC(C)C2)cc1N. The second-order valence-electron chi connectivity index (χ2n) is 5.91. The molecule has 1 heterocycles. The number of sulfonamides is 1. The smallest absolute Gasteiger partial charge is 0.244 e. The van der Waals surface area contributed by atoms with Crippen molar-refractivity contribution in [1.82, 2.24) is 4.31 Å². The van der Waals surface area contributed by atoms with Crippen molar-refractivity contribution >= 4 is 27.3 Å². The molecule has 112 valence electrons. The van der Waals surface area contributed by atoms with E-state index in [1.165, 1.54) is 10.4 Å². The van der Waals surface area contributed by atoms with Gasteiger partial charge in [0.25, 0.3) is 0 Å². The summed E-state index contributed by atoms with van der Waals surface area (Å²) in [6.07, 6.45) is 1.05. The summed E-state index contributed by atoms with van der Waals surface area (Å²) in [7, 11) is -3.58. The molecular formula is C14H21ClN2O2S. The normalized spacial score (nSPS) is 24.8. The van der Waals surface area contributed by atoms with Gasteiger partial charge in [-0.2, -0.15) is 4.31 Å². The highest BCUT2D eigenvalue weighted by Crippen LogP contribution is 2.32. The second-order valence-corrected chi connectivity index (χ2v) is 8.22. The molecule has 1 aliphatic rings. The van der Waals surface area contributed by atoms with Gasteiger partial charge in [0.05, 0.1) is 5.02 Å². The minimum atomic E-state index is -3.58. The Labute approximate surface area is 126 Å². The summed E-state index contributed by atoms with van der Waals surface area (Å²) in [6, 6.07) is 3.08. The quantitative estimate of drug-likeness (QED) is 0.853. The van der Waals surface area contributed by atoms with Crippen molar-refractivity contribution in [2.45, 2.75) is 32.1 Å². The number of hydrogen-bond donors (Lipinski definition) is 1.